The molecule has 1 rings (SSSR count). The van der Waals surface area contributed by atoms with Crippen molar-refractivity contribution in [1.82, 2.24) is 10.2 Å². The lowest BCUT2D eigenvalue weighted by molar-refractivity contribution is 0.429. The highest BCUT2D eigenvalue weighted by Gasteiger charge is 2.26. The third-order valence-electron chi connectivity index (χ3n) is 1.35. The molecular weight excluding hydrogens is 216 g/mol. The Labute approximate surface area is 82.8 Å². The van der Waals surface area contributed by atoms with Crippen LogP contribution in [0, 0.1) is 6.92 Å². The minimum Gasteiger partial charge on any atom is -0.445 e. The Morgan fingerprint density at radius 2 is 2.14 bits per heavy atom. The van der Waals surface area contributed by atoms with Crippen LogP contribution in [-0.4, -0.2) is 22.9 Å². The van der Waals surface area contributed by atoms with E-state index in [9.17, 15) is 12.9 Å². The van der Waals surface area contributed by atoms with Crippen LogP contribution in [0.5, 0.6) is 0 Å². The second kappa shape index (κ2) is 4.08. The lowest BCUT2D eigenvalue weighted by atomic mass is 9.82. The Kier molecular flexibility index (Phi) is 3.25. The van der Waals surface area contributed by atoms with Crippen molar-refractivity contribution < 1.29 is 17.4 Å². The van der Waals surface area contributed by atoms with Crippen LogP contribution in [0.3, 0.4) is 0 Å². The third kappa shape index (κ3) is 3.10. The topological polar surface area (TPSA) is 38.9 Å². The maximum atomic E-state index is 12.0. The molecule has 0 aliphatic heterocycles. The van der Waals surface area contributed by atoms with E-state index in [0.717, 1.165) is 11.8 Å². The van der Waals surface area contributed by atoms with Crippen LogP contribution < -0.4 is 0 Å². The summed E-state index contributed by atoms with van der Waals surface area (Å²) in [4.78, 5) is 0. The van der Waals surface area contributed by atoms with E-state index in [2.05, 4.69) is 16.8 Å². The average Bonchev–Trinajstić information content (AvgIpc) is 2.45. The molecule has 0 saturated carbocycles. The van der Waals surface area contributed by atoms with Crippen molar-refractivity contribution in [1.29, 1.82) is 0 Å². The van der Waals surface area contributed by atoms with Gasteiger partial charge in [-0.25, -0.2) is 0 Å². The van der Waals surface area contributed by atoms with E-state index < -0.39 is 12.4 Å². The molecule has 3 nitrogen and oxygen atoms in total. The highest BCUT2D eigenvalue weighted by atomic mass is 32.2. The summed E-state index contributed by atoms with van der Waals surface area (Å²) in [5.41, 5.74) is -0.758. The number of halogens is 3. The Hall–Kier alpha value is -0.915. The number of aryl methyl sites for hydroxylation is 1. The first kappa shape index (κ1) is 11.2. The minimum atomic E-state index is -4.97. The molecule has 0 atom stereocenters. The summed E-state index contributed by atoms with van der Waals surface area (Å²) in [7, 11) is 0. The van der Waals surface area contributed by atoms with Gasteiger partial charge in [0.05, 0.1) is 0 Å². The van der Waals surface area contributed by atoms with E-state index in [1.54, 1.807) is 6.92 Å². The molecule has 1 heterocycles. The van der Waals surface area contributed by atoms with Crippen LogP contribution >= 0.6 is 11.8 Å². The molecular formula is C6H7BF3N2OS-. The second-order valence-electron chi connectivity index (χ2n) is 2.61. The highest BCUT2D eigenvalue weighted by molar-refractivity contribution is 7.99. The van der Waals surface area contributed by atoms with Gasteiger partial charge < -0.3 is 17.4 Å². The molecule has 0 N–H and O–H groups in total. The fourth-order valence-electron chi connectivity index (χ4n) is 0.586. The Bertz CT molecular complexity index is 338. The van der Waals surface area contributed by atoms with Gasteiger partial charge >= 0.3 is 6.98 Å². The first-order valence-electron chi connectivity index (χ1n) is 3.70. The van der Waals surface area contributed by atoms with Crippen molar-refractivity contribution in [3.05, 3.63) is 17.9 Å². The van der Waals surface area contributed by atoms with E-state index in [1.165, 1.54) is 0 Å². The molecule has 0 aromatic carbocycles. The van der Waals surface area contributed by atoms with Crippen LogP contribution in [0.15, 0.2) is 21.7 Å². The van der Waals surface area contributed by atoms with Gasteiger partial charge in [0.2, 0.25) is 5.89 Å². The summed E-state index contributed by atoms with van der Waals surface area (Å²) in [5.74, 6) is 0.0566. The summed E-state index contributed by atoms with van der Waals surface area (Å²) in [5, 5.41) is 7.16. The van der Waals surface area contributed by atoms with Gasteiger partial charge in [-0.15, -0.1) is 22.2 Å². The predicted molar refractivity (Wildman–Crippen MR) is 48.0 cm³/mol. The lowest BCUT2D eigenvalue weighted by Crippen LogP contribution is -2.20. The zero-order valence-corrected chi connectivity index (χ0v) is 8.15. The fourth-order valence-corrected chi connectivity index (χ4v) is 1.36. The van der Waals surface area contributed by atoms with Gasteiger partial charge in [0.15, 0.2) is 0 Å². The molecule has 8 heteroatoms. The summed E-state index contributed by atoms with van der Waals surface area (Å²) >= 11 is 0.832. The van der Waals surface area contributed by atoms with Gasteiger partial charge in [-0.1, -0.05) is 11.8 Å². The fraction of sp³-hybridized carbons (Fsp3) is 0.333. The highest BCUT2D eigenvalue weighted by Crippen LogP contribution is 2.25. The van der Waals surface area contributed by atoms with Crippen molar-refractivity contribution in [3.63, 3.8) is 0 Å². The largest absolute Gasteiger partial charge is 0.505 e. The Morgan fingerprint density at radius 3 is 2.57 bits per heavy atom. The van der Waals surface area contributed by atoms with Crippen LogP contribution in [0.2, 0.25) is 0 Å². The van der Waals surface area contributed by atoms with E-state index >= 15 is 0 Å². The zero-order valence-electron chi connectivity index (χ0n) is 7.34. The van der Waals surface area contributed by atoms with Gasteiger partial charge in [0.25, 0.3) is 5.22 Å². The quantitative estimate of drug-likeness (QED) is 0.580. The Morgan fingerprint density at radius 1 is 1.50 bits per heavy atom. The molecule has 78 valence electrons. The van der Waals surface area contributed by atoms with Gasteiger partial charge in [-0.05, 0) is 5.75 Å². The molecule has 0 bridgehead atoms. The first-order chi connectivity index (χ1) is 6.39. The molecule has 0 amide bonds. The van der Waals surface area contributed by atoms with Crippen LogP contribution in [0.25, 0.3) is 0 Å². The first-order valence-corrected chi connectivity index (χ1v) is 4.68. The van der Waals surface area contributed by atoms with Crippen LogP contribution in [-0.2, 0) is 0 Å². The number of rotatable bonds is 4. The summed E-state index contributed by atoms with van der Waals surface area (Å²) in [6.07, 6.45) is 0. The van der Waals surface area contributed by atoms with Gasteiger partial charge in [-0.2, -0.15) is 0 Å². The number of thioether (sulfide) groups is 1. The van der Waals surface area contributed by atoms with Crippen molar-refractivity contribution in [2.24, 2.45) is 0 Å². The molecule has 0 aliphatic carbocycles. The summed E-state index contributed by atoms with van der Waals surface area (Å²) < 4.78 is 41.0. The second-order valence-corrected chi connectivity index (χ2v) is 3.54. The zero-order chi connectivity index (χ0) is 10.8. The van der Waals surface area contributed by atoms with E-state index in [1.807, 2.05) is 0 Å². The molecule has 0 unspecified atom stereocenters. The van der Waals surface area contributed by atoms with E-state index in [-0.39, 0.29) is 11.0 Å². The summed E-state index contributed by atoms with van der Waals surface area (Å²) in [6, 6.07) is 0. The number of hydrogen-bond donors (Lipinski definition) is 0. The van der Waals surface area contributed by atoms with Gasteiger partial charge in [0.1, 0.15) is 0 Å². The van der Waals surface area contributed by atoms with E-state index in [4.69, 9.17) is 4.42 Å². The van der Waals surface area contributed by atoms with Crippen LogP contribution in [0.1, 0.15) is 5.89 Å². The normalized spacial score (nSPS) is 11.7. The summed E-state index contributed by atoms with van der Waals surface area (Å²) in [6.45, 7) is -0.459. The maximum absolute atomic E-state index is 12.0. The number of hydrogen-bond acceptors (Lipinski definition) is 4. The standard InChI is InChI=1S/C6H7BF3N2OS/c1-4(7(8,9)10)3-14-6-12-11-5(2)13-6/h1,3H2,2H3/q-1. The molecule has 0 fully saturated rings. The predicted octanol–water partition coefficient (Wildman–Crippen LogP) is 2.41. The molecule has 1 aromatic rings. The van der Waals surface area contributed by atoms with Crippen molar-refractivity contribution in [2.75, 3.05) is 5.75 Å². The van der Waals surface area contributed by atoms with Crippen LogP contribution in [0.4, 0.5) is 12.9 Å². The molecule has 1 aromatic heterocycles. The monoisotopic (exact) mass is 223 g/mol. The number of nitrogens with zero attached hydrogens (tertiary/aromatic N) is 2. The molecule has 0 radical (unpaired) electrons. The minimum absolute atomic E-state index is 0.128. The lowest BCUT2D eigenvalue weighted by Gasteiger charge is -2.15. The molecule has 0 saturated heterocycles. The number of aromatic nitrogens is 2. The molecule has 14 heavy (non-hydrogen) atoms. The molecule has 0 aliphatic rings. The average molecular weight is 223 g/mol. The third-order valence-corrected chi connectivity index (χ3v) is 2.28. The van der Waals surface area contributed by atoms with Gasteiger partial charge in [0, 0.05) is 6.92 Å². The van der Waals surface area contributed by atoms with Gasteiger partial charge in [-0.3, -0.25) is 0 Å². The Balaban J connectivity index is 2.46. The maximum Gasteiger partial charge on any atom is 0.505 e. The SMILES string of the molecule is C=C(CSc1nnc(C)o1)[B-](F)(F)F. The van der Waals surface area contributed by atoms with Crippen molar-refractivity contribution in [2.45, 2.75) is 12.1 Å². The smallest absolute Gasteiger partial charge is 0.445 e. The molecule has 0 spiro atoms. The van der Waals surface area contributed by atoms with E-state index in [0.29, 0.717) is 5.89 Å². The van der Waals surface area contributed by atoms with Crippen molar-refractivity contribution in [3.8, 4) is 0 Å². The van der Waals surface area contributed by atoms with Crippen molar-refractivity contribution >= 4 is 18.7 Å².